The second-order valence-corrected chi connectivity index (χ2v) is 4.73. The molecule has 0 spiro atoms. The standard InChI is InChI=1S/C13H11N2Si/c14-13-8-4-1-2-5-9(8)15-10-6-3-7-11(16)12(10)13/h1-6,11H,7H2,(H2,14,15). The van der Waals surface area contributed by atoms with Crippen molar-refractivity contribution in [1.29, 1.82) is 0 Å². The van der Waals surface area contributed by atoms with Crippen LogP contribution in [0.25, 0.3) is 17.0 Å². The summed E-state index contributed by atoms with van der Waals surface area (Å²) < 4.78 is 0. The van der Waals surface area contributed by atoms with Gasteiger partial charge in [-0.05, 0) is 24.1 Å². The Labute approximate surface area is 97.6 Å². The van der Waals surface area contributed by atoms with Crippen molar-refractivity contribution < 1.29 is 0 Å². The Balaban J connectivity index is 2.42. The second-order valence-electron chi connectivity index (χ2n) is 4.03. The van der Waals surface area contributed by atoms with E-state index < -0.39 is 0 Å². The van der Waals surface area contributed by atoms with Crippen LogP contribution in [0.4, 0.5) is 5.69 Å². The number of hydrogen-bond donors (Lipinski definition) is 1. The minimum atomic E-state index is 0.275. The molecule has 1 heterocycles. The molecule has 0 saturated heterocycles. The Bertz CT molecular complexity index is 590. The Hall–Kier alpha value is -1.61. The molecule has 77 valence electrons. The van der Waals surface area contributed by atoms with E-state index in [2.05, 4.69) is 27.4 Å². The van der Waals surface area contributed by atoms with Crippen molar-refractivity contribution in [2.45, 2.75) is 12.0 Å². The number of nitrogens with two attached hydrogens (primary N) is 1. The number of anilines is 1. The molecule has 1 aliphatic rings. The predicted octanol–water partition coefficient (Wildman–Crippen LogP) is 2.44. The van der Waals surface area contributed by atoms with Crippen LogP contribution in [0.3, 0.4) is 0 Å². The highest BCUT2D eigenvalue weighted by Crippen LogP contribution is 2.35. The molecule has 0 bridgehead atoms. The van der Waals surface area contributed by atoms with E-state index in [1.54, 1.807) is 0 Å². The van der Waals surface area contributed by atoms with E-state index in [9.17, 15) is 0 Å². The van der Waals surface area contributed by atoms with E-state index in [1.807, 2.05) is 24.3 Å². The molecular formula is C13H11N2Si. The van der Waals surface area contributed by atoms with Gasteiger partial charge in [-0.15, -0.1) is 0 Å². The van der Waals surface area contributed by atoms with Crippen molar-refractivity contribution in [3.05, 3.63) is 41.6 Å². The topological polar surface area (TPSA) is 38.9 Å². The summed E-state index contributed by atoms with van der Waals surface area (Å²) in [6.07, 6.45) is 5.14. The first-order chi connectivity index (χ1) is 7.77. The highest BCUT2D eigenvalue weighted by molar-refractivity contribution is 6.14. The van der Waals surface area contributed by atoms with Crippen LogP contribution in [0, 0.1) is 0 Å². The lowest BCUT2D eigenvalue weighted by molar-refractivity contribution is 0.933. The third-order valence-corrected chi connectivity index (χ3v) is 3.52. The maximum absolute atomic E-state index is 6.23. The van der Waals surface area contributed by atoms with Gasteiger partial charge in [0.1, 0.15) is 0 Å². The molecule has 2 nitrogen and oxygen atoms in total. The number of nitrogens with zero attached hydrogens (tertiary/aromatic N) is 1. The summed E-state index contributed by atoms with van der Waals surface area (Å²) >= 11 is 0. The van der Waals surface area contributed by atoms with Gasteiger partial charge in [0.2, 0.25) is 0 Å². The van der Waals surface area contributed by atoms with Crippen molar-refractivity contribution in [3.8, 4) is 0 Å². The molecule has 0 fully saturated rings. The Morgan fingerprint density at radius 2 is 2.12 bits per heavy atom. The Morgan fingerprint density at radius 1 is 1.31 bits per heavy atom. The van der Waals surface area contributed by atoms with E-state index >= 15 is 0 Å². The van der Waals surface area contributed by atoms with Crippen LogP contribution in [0.5, 0.6) is 0 Å². The van der Waals surface area contributed by atoms with E-state index in [0.29, 0.717) is 0 Å². The third kappa shape index (κ3) is 1.28. The number of benzene rings is 1. The number of para-hydroxylation sites is 1. The minimum Gasteiger partial charge on any atom is -0.398 e. The van der Waals surface area contributed by atoms with E-state index in [0.717, 1.165) is 34.3 Å². The number of rotatable bonds is 0. The molecule has 3 rings (SSSR count). The highest BCUT2D eigenvalue weighted by Gasteiger charge is 2.18. The molecule has 1 aliphatic carbocycles. The summed E-state index contributed by atoms with van der Waals surface area (Å²) in [7, 11) is 3.71. The lowest BCUT2D eigenvalue weighted by Crippen LogP contribution is -2.09. The lowest BCUT2D eigenvalue weighted by atomic mass is 9.97. The first kappa shape index (κ1) is 9.60. The number of allylic oxidation sites excluding steroid dienone is 1. The lowest BCUT2D eigenvalue weighted by Gasteiger charge is -2.20. The molecule has 2 N–H and O–H groups in total. The number of nitrogen functional groups attached to an aromatic ring is 1. The van der Waals surface area contributed by atoms with Gasteiger partial charge < -0.3 is 5.73 Å². The van der Waals surface area contributed by atoms with Gasteiger partial charge >= 0.3 is 0 Å². The quantitative estimate of drug-likeness (QED) is 0.697. The van der Waals surface area contributed by atoms with Crippen LogP contribution in [-0.4, -0.2) is 15.2 Å². The average Bonchev–Trinajstić information content (AvgIpc) is 2.29. The third-order valence-electron chi connectivity index (χ3n) is 3.00. The van der Waals surface area contributed by atoms with E-state index in [1.165, 1.54) is 0 Å². The monoisotopic (exact) mass is 223 g/mol. The maximum Gasteiger partial charge on any atom is 0.0730 e. The molecule has 3 heteroatoms. The summed E-state index contributed by atoms with van der Waals surface area (Å²) in [6, 6.07) is 8.00. The first-order valence-corrected chi connectivity index (χ1v) is 5.91. The first-order valence-electron chi connectivity index (χ1n) is 5.33. The fourth-order valence-electron chi connectivity index (χ4n) is 2.20. The van der Waals surface area contributed by atoms with Crippen LogP contribution in [0.2, 0.25) is 0 Å². The molecule has 1 unspecified atom stereocenters. The zero-order valence-corrected chi connectivity index (χ0v) is 9.77. The van der Waals surface area contributed by atoms with Crippen LogP contribution in [-0.2, 0) is 0 Å². The van der Waals surface area contributed by atoms with Gasteiger partial charge in [-0.1, -0.05) is 24.3 Å². The summed E-state index contributed by atoms with van der Waals surface area (Å²) in [4.78, 5) is 4.63. The van der Waals surface area contributed by atoms with Crippen molar-refractivity contribution in [3.63, 3.8) is 0 Å². The molecule has 1 aromatic carbocycles. The Morgan fingerprint density at radius 3 is 3.00 bits per heavy atom. The largest absolute Gasteiger partial charge is 0.398 e. The fourth-order valence-corrected chi connectivity index (χ4v) is 2.64. The van der Waals surface area contributed by atoms with Gasteiger partial charge in [-0.3, -0.25) is 0 Å². The molecule has 3 radical (unpaired) electrons. The second kappa shape index (κ2) is 3.45. The van der Waals surface area contributed by atoms with Crippen LogP contribution < -0.4 is 5.73 Å². The summed E-state index contributed by atoms with van der Waals surface area (Å²) in [5.74, 6) is 0. The normalized spacial score (nSPS) is 18.7. The van der Waals surface area contributed by atoms with Gasteiger partial charge in [0.05, 0.1) is 11.2 Å². The molecule has 2 aromatic rings. The summed E-state index contributed by atoms with van der Waals surface area (Å²) in [5, 5.41) is 1.04. The van der Waals surface area contributed by atoms with Gasteiger partial charge in [-0.2, -0.15) is 0 Å². The summed E-state index contributed by atoms with van der Waals surface area (Å²) in [5.41, 5.74) is 10.4. The van der Waals surface area contributed by atoms with Crippen LogP contribution in [0.1, 0.15) is 23.2 Å². The van der Waals surface area contributed by atoms with Crippen LogP contribution in [0.15, 0.2) is 30.3 Å². The number of aromatic nitrogens is 1. The predicted molar refractivity (Wildman–Crippen MR) is 68.3 cm³/mol. The van der Waals surface area contributed by atoms with Crippen molar-refractivity contribution in [1.82, 2.24) is 4.98 Å². The Kier molecular flexibility index (Phi) is 2.07. The van der Waals surface area contributed by atoms with Crippen molar-refractivity contribution in [2.75, 3.05) is 5.73 Å². The number of hydrogen-bond acceptors (Lipinski definition) is 2. The number of fused-ring (bicyclic) bond motifs is 2. The van der Waals surface area contributed by atoms with Gasteiger partial charge in [0, 0.05) is 26.9 Å². The molecule has 16 heavy (non-hydrogen) atoms. The van der Waals surface area contributed by atoms with Crippen LogP contribution >= 0.6 is 0 Å². The SMILES string of the molecule is Nc1c2c(nc3ccccc13)C=CCC2[Si]. The van der Waals surface area contributed by atoms with Gasteiger partial charge in [-0.25, -0.2) is 4.98 Å². The number of pyridine rings is 1. The fraction of sp³-hybridized carbons (Fsp3) is 0.154. The van der Waals surface area contributed by atoms with E-state index in [-0.39, 0.29) is 5.54 Å². The minimum absolute atomic E-state index is 0.275. The smallest absolute Gasteiger partial charge is 0.0730 e. The van der Waals surface area contributed by atoms with Gasteiger partial charge in [0.25, 0.3) is 0 Å². The average molecular weight is 223 g/mol. The molecule has 0 aliphatic heterocycles. The highest BCUT2D eigenvalue weighted by atomic mass is 28.1. The molecule has 1 aromatic heterocycles. The molecule has 0 amide bonds. The van der Waals surface area contributed by atoms with Crippen molar-refractivity contribution >= 4 is 32.9 Å². The molecule has 1 atom stereocenters. The van der Waals surface area contributed by atoms with Gasteiger partial charge in [0.15, 0.2) is 0 Å². The molecule has 0 saturated carbocycles. The van der Waals surface area contributed by atoms with E-state index in [4.69, 9.17) is 5.73 Å². The van der Waals surface area contributed by atoms with Crippen molar-refractivity contribution in [2.24, 2.45) is 0 Å². The summed E-state index contributed by atoms with van der Waals surface area (Å²) in [6.45, 7) is 0. The zero-order valence-electron chi connectivity index (χ0n) is 8.77. The zero-order chi connectivity index (χ0) is 11.1. The maximum atomic E-state index is 6.23. The molecular weight excluding hydrogens is 212 g/mol.